The zero-order chi connectivity index (χ0) is 23.9. The highest BCUT2D eigenvalue weighted by molar-refractivity contribution is 7.87. The van der Waals surface area contributed by atoms with E-state index in [4.69, 9.17) is 19.1 Å². The molecule has 0 radical (unpaired) electrons. The van der Waals surface area contributed by atoms with Crippen molar-refractivity contribution in [1.82, 2.24) is 0 Å². The van der Waals surface area contributed by atoms with Gasteiger partial charge in [0.15, 0.2) is 5.25 Å². The number of hydrogen-bond donors (Lipinski definition) is 2. The number of carboxylic acids is 1. The number of carbonyl (C=O) groups excluding carboxylic acids is 2. The summed E-state index contributed by atoms with van der Waals surface area (Å²) in [6.45, 7) is 5.48. The molecule has 0 aliphatic carbocycles. The summed E-state index contributed by atoms with van der Waals surface area (Å²) >= 11 is 0. The summed E-state index contributed by atoms with van der Waals surface area (Å²) in [4.78, 5) is 35.6. The molecule has 1 atom stereocenters. The highest BCUT2D eigenvalue weighted by atomic mass is 32.2. The summed E-state index contributed by atoms with van der Waals surface area (Å²) in [7, 11) is -5.10. The van der Waals surface area contributed by atoms with E-state index in [0.717, 1.165) is 32.1 Å². The molecule has 1 unspecified atom stereocenters. The van der Waals surface area contributed by atoms with Crippen LogP contribution in [0.15, 0.2) is 0 Å². The van der Waals surface area contributed by atoms with Gasteiger partial charge in [0.05, 0.1) is 6.42 Å². The Morgan fingerprint density at radius 3 is 1.77 bits per heavy atom. The normalized spacial score (nSPS) is 13.0. The first-order valence-electron chi connectivity index (χ1n) is 10.8. The quantitative estimate of drug-likeness (QED) is 0.101. The third-order valence-corrected chi connectivity index (χ3v) is 5.68. The predicted molar refractivity (Wildman–Crippen MR) is 112 cm³/mol. The standard InChI is InChI=1S/C20H36O10S/c1-4-7-8-9-10-11-12-13-14-20(28-5-2,29-6-3)19(24)30-18(23)16(15-17(21)22)31(25,26)27/h16H,4-15H2,1-3H3,(H,21,22)(H,25,26,27). The molecule has 0 fully saturated rings. The second-order valence-electron chi connectivity index (χ2n) is 7.15. The molecule has 0 aromatic heterocycles. The van der Waals surface area contributed by atoms with Crippen LogP contribution in [-0.4, -0.2) is 60.2 Å². The summed E-state index contributed by atoms with van der Waals surface area (Å²) in [6, 6.07) is 0. The Morgan fingerprint density at radius 2 is 1.35 bits per heavy atom. The molecule has 0 heterocycles. The second-order valence-corrected chi connectivity index (χ2v) is 8.75. The minimum absolute atomic E-state index is 0.0527. The number of carboxylic acid groups (broad SMARTS) is 1. The summed E-state index contributed by atoms with van der Waals surface area (Å²) in [5.41, 5.74) is 0. The fourth-order valence-corrected chi connectivity index (χ4v) is 3.71. The van der Waals surface area contributed by atoms with Crippen molar-refractivity contribution in [3.05, 3.63) is 0 Å². The Morgan fingerprint density at radius 1 is 0.871 bits per heavy atom. The van der Waals surface area contributed by atoms with Gasteiger partial charge in [-0.05, 0) is 20.3 Å². The van der Waals surface area contributed by atoms with Gasteiger partial charge in [0, 0.05) is 19.6 Å². The minimum Gasteiger partial charge on any atom is -0.481 e. The maximum Gasteiger partial charge on any atom is 0.374 e. The third-order valence-electron chi connectivity index (χ3n) is 4.60. The van der Waals surface area contributed by atoms with Crippen molar-refractivity contribution in [2.45, 2.75) is 96.0 Å². The Bertz CT molecular complexity index is 653. The van der Waals surface area contributed by atoms with Crippen LogP contribution < -0.4 is 0 Å². The van der Waals surface area contributed by atoms with Crippen molar-refractivity contribution in [3.8, 4) is 0 Å². The van der Waals surface area contributed by atoms with Crippen molar-refractivity contribution in [1.29, 1.82) is 0 Å². The second kappa shape index (κ2) is 15.3. The van der Waals surface area contributed by atoms with Gasteiger partial charge >= 0.3 is 17.9 Å². The SMILES string of the molecule is CCCCCCCCCCC(OCC)(OCC)C(=O)OC(=O)C(CC(=O)O)S(=O)(=O)O. The Kier molecular flexibility index (Phi) is 14.5. The van der Waals surface area contributed by atoms with Crippen LogP contribution in [0.3, 0.4) is 0 Å². The summed E-state index contributed by atoms with van der Waals surface area (Å²) in [5, 5.41) is 6.34. The molecule has 0 rings (SSSR count). The van der Waals surface area contributed by atoms with Gasteiger partial charge in [-0.2, -0.15) is 8.42 Å². The molecule has 0 spiro atoms. The number of esters is 2. The molecular weight excluding hydrogens is 432 g/mol. The van der Waals surface area contributed by atoms with Crippen molar-refractivity contribution in [2.24, 2.45) is 0 Å². The van der Waals surface area contributed by atoms with Gasteiger partial charge in [0.2, 0.25) is 0 Å². The lowest BCUT2D eigenvalue weighted by Gasteiger charge is -2.30. The first-order chi connectivity index (χ1) is 14.5. The highest BCUT2D eigenvalue weighted by Gasteiger charge is 2.45. The Hall–Kier alpha value is -1.56. The summed E-state index contributed by atoms with van der Waals surface area (Å²) in [6.07, 6.45) is 6.84. The van der Waals surface area contributed by atoms with E-state index >= 15 is 0 Å². The van der Waals surface area contributed by atoms with Crippen LogP contribution in [0, 0.1) is 0 Å². The molecule has 10 nitrogen and oxygen atoms in total. The van der Waals surface area contributed by atoms with E-state index in [2.05, 4.69) is 11.7 Å². The molecule has 0 saturated heterocycles. The average Bonchev–Trinajstić information content (AvgIpc) is 2.67. The van der Waals surface area contributed by atoms with E-state index in [-0.39, 0.29) is 19.6 Å². The maximum atomic E-state index is 12.7. The van der Waals surface area contributed by atoms with Gasteiger partial charge in [0.25, 0.3) is 15.9 Å². The molecule has 31 heavy (non-hydrogen) atoms. The van der Waals surface area contributed by atoms with E-state index in [9.17, 15) is 22.8 Å². The van der Waals surface area contributed by atoms with Crippen LogP contribution in [0.5, 0.6) is 0 Å². The van der Waals surface area contributed by atoms with Crippen molar-refractivity contribution in [3.63, 3.8) is 0 Å². The molecule has 2 N–H and O–H groups in total. The van der Waals surface area contributed by atoms with Crippen molar-refractivity contribution < 1.29 is 46.7 Å². The van der Waals surface area contributed by atoms with Gasteiger partial charge in [-0.3, -0.25) is 14.1 Å². The van der Waals surface area contributed by atoms with Crippen LogP contribution in [0.25, 0.3) is 0 Å². The zero-order valence-electron chi connectivity index (χ0n) is 18.6. The average molecular weight is 469 g/mol. The van der Waals surface area contributed by atoms with E-state index in [1.807, 2.05) is 0 Å². The van der Waals surface area contributed by atoms with Gasteiger partial charge in [0.1, 0.15) is 0 Å². The Labute approximate surface area is 184 Å². The van der Waals surface area contributed by atoms with Crippen molar-refractivity contribution >= 4 is 28.0 Å². The van der Waals surface area contributed by atoms with Crippen LogP contribution in [-0.2, 0) is 38.7 Å². The number of carbonyl (C=O) groups is 3. The van der Waals surface area contributed by atoms with Crippen LogP contribution >= 0.6 is 0 Å². The highest BCUT2D eigenvalue weighted by Crippen LogP contribution is 2.25. The van der Waals surface area contributed by atoms with Crippen molar-refractivity contribution in [2.75, 3.05) is 13.2 Å². The number of hydrogen-bond acceptors (Lipinski definition) is 8. The first-order valence-corrected chi connectivity index (χ1v) is 12.3. The fraction of sp³-hybridized carbons (Fsp3) is 0.850. The molecular formula is C20H36O10S. The smallest absolute Gasteiger partial charge is 0.374 e. The largest absolute Gasteiger partial charge is 0.481 e. The van der Waals surface area contributed by atoms with Crippen LogP contribution in [0.1, 0.15) is 85.0 Å². The van der Waals surface area contributed by atoms with Gasteiger partial charge in [-0.25, -0.2) is 4.79 Å². The minimum atomic E-state index is -5.10. The molecule has 0 saturated carbocycles. The van der Waals surface area contributed by atoms with Gasteiger partial charge in [-0.15, -0.1) is 0 Å². The molecule has 0 bridgehead atoms. The number of ether oxygens (including phenoxy) is 3. The number of rotatable bonds is 18. The predicted octanol–water partition coefficient (Wildman–Crippen LogP) is 3.09. The van der Waals surface area contributed by atoms with Gasteiger partial charge < -0.3 is 19.3 Å². The van der Waals surface area contributed by atoms with E-state index in [0.29, 0.717) is 6.42 Å². The lowest BCUT2D eigenvalue weighted by molar-refractivity contribution is -0.247. The van der Waals surface area contributed by atoms with E-state index in [1.54, 1.807) is 13.8 Å². The monoisotopic (exact) mass is 468 g/mol. The lowest BCUT2D eigenvalue weighted by atomic mass is 10.0. The molecule has 0 amide bonds. The molecule has 182 valence electrons. The third kappa shape index (κ3) is 11.6. The first kappa shape index (κ1) is 29.4. The van der Waals surface area contributed by atoms with E-state index < -0.39 is 45.5 Å². The van der Waals surface area contributed by atoms with Gasteiger partial charge in [-0.1, -0.05) is 51.9 Å². The molecule has 0 aromatic carbocycles. The molecule has 0 aliphatic rings. The van der Waals surface area contributed by atoms with E-state index in [1.165, 1.54) is 12.8 Å². The Balaban J connectivity index is 5.14. The zero-order valence-corrected chi connectivity index (χ0v) is 19.4. The molecule has 11 heteroatoms. The van der Waals surface area contributed by atoms with Crippen LogP contribution in [0.4, 0.5) is 0 Å². The lowest BCUT2D eigenvalue weighted by Crippen LogP contribution is -2.48. The maximum absolute atomic E-state index is 12.7. The molecule has 0 aromatic rings. The van der Waals surface area contributed by atoms with Crippen LogP contribution in [0.2, 0.25) is 0 Å². The summed E-state index contributed by atoms with van der Waals surface area (Å²) in [5.74, 6) is -6.56. The number of aliphatic carboxylic acids is 1. The summed E-state index contributed by atoms with van der Waals surface area (Å²) < 4.78 is 47.4. The molecule has 0 aliphatic heterocycles. The topological polar surface area (TPSA) is 154 Å². The fourth-order valence-electron chi connectivity index (χ4n) is 3.07. The number of unbranched alkanes of at least 4 members (excludes halogenated alkanes) is 7.